The summed E-state index contributed by atoms with van der Waals surface area (Å²) in [6.45, 7) is 4.64. The van der Waals surface area contributed by atoms with Gasteiger partial charge >= 0.3 is 0 Å². The molecule has 1 heterocycles. The molecule has 0 bridgehead atoms. The predicted molar refractivity (Wildman–Crippen MR) is 66.7 cm³/mol. The van der Waals surface area contributed by atoms with Crippen molar-refractivity contribution in [1.82, 2.24) is 4.90 Å². The van der Waals surface area contributed by atoms with Crippen molar-refractivity contribution in [1.29, 1.82) is 0 Å². The maximum Gasteiger partial charge on any atom is 0.254 e. The maximum absolute atomic E-state index is 12.1. The molecule has 1 aromatic rings. The lowest BCUT2D eigenvalue weighted by atomic mass is 9.90. The Balaban J connectivity index is 2.12. The first-order valence-electron chi connectivity index (χ1n) is 5.83. The molecule has 1 aliphatic rings. The summed E-state index contributed by atoms with van der Waals surface area (Å²) in [6.07, 6.45) is 0.678. The normalized spacial score (nSPS) is 17.7. The number of rotatable bonds is 2. The third-order valence-corrected chi connectivity index (χ3v) is 3.40. The molecule has 0 spiro atoms. The zero-order chi connectivity index (χ0) is 12.6. The number of likely N-dealkylation sites (tertiary alicyclic amines) is 1. The Bertz CT molecular complexity index is 451. The number of amides is 1. The number of nitrogens with zero attached hydrogens (tertiary/aromatic N) is 1. The molecule has 2 rings (SSSR count). The van der Waals surface area contributed by atoms with Crippen molar-refractivity contribution in [3.8, 4) is 0 Å². The van der Waals surface area contributed by atoms with Crippen LogP contribution >= 0.6 is 0 Å². The molecule has 1 amide bonds. The Kier molecular flexibility index (Phi) is 2.83. The van der Waals surface area contributed by atoms with Gasteiger partial charge < -0.3 is 15.7 Å². The molecule has 0 unspecified atom stereocenters. The monoisotopic (exact) mass is 234 g/mol. The van der Waals surface area contributed by atoms with Gasteiger partial charge in [0.25, 0.3) is 5.91 Å². The highest BCUT2D eigenvalue weighted by Crippen LogP contribution is 2.26. The number of β-amino-alcohol motifs (C(OH)–C–C–N with tert-alkyl or cyclic N) is 1. The van der Waals surface area contributed by atoms with E-state index >= 15 is 0 Å². The number of hydrogen-bond donors (Lipinski definition) is 2. The Morgan fingerprint density at radius 3 is 2.71 bits per heavy atom. The summed E-state index contributed by atoms with van der Waals surface area (Å²) in [7, 11) is 0. The molecule has 1 saturated heterocycles. The number of aliphatic hydroxyl groups is 1. The summed E-state index contributed by atoms with van der Waals surface area (Å²) >= 11 is 0. The highest BCUT2D eigenvalue weighted by atomic mass is 16.3. The molecule has 17 heavy (non-hydrogen) atoms. The van der Waals surface area contributed by atoms with Crippen LogP contribution in [0, 0.1) is 6.92 Å². The van der Waals surface area contributed by atoms with Gasteiger partial charge in [0.15, 0.2) is 0 Å². The minimum Gasteiger partial charge on any atom is -0.399 e. The first-order chi connectivity index (χ1) is 7.95. The quantitative estimate of drug-likeness (QED) is 0.755. The van der Waals surface area contributed by atoms with E-state index in [4.69, 9.17) is 5.73 Å². The van der Waals surface area contributed by atoms with Gasteiger partial charge in [-0.25, -0.2) is 0 Å². The molecule has 1 fully saturated rings. The van der Waals surface area contributed by atoms with Gasteiger partial charge in [-0.2, -0.15) is 0 Å². The first kappa shape index (κ1) is 11.9. The van der Waals surface area contributed by atoms with Crippen LogP contribution in [0.25, 0.3) is 0 Å². The van der Waals surface area contributed by atoms with Crippen LogP contribution < -0.4 is 5.73 Å². The van der Waals surface area contributed by atoms with Crippen LogP contribution in [0.1, 0.15) is 29.3 Å². The van der Waals surface area contributed by atoms with Crippen molar-refractivity contribution < 1.29 is 9.90 Å². The van der Waals surface area contributed by atoms with Gasteiger partial charge in [0.1, 0.15) is 0 Å². The van der Waals surface area contributed by atoms with Crippen molar-refractivity contribution >= 4 is 11.6 Å². The van der Waals surface area contributed by atoms with E-state index in [1.165, 1.54) is 0 Å². The van der Waals surface area contributed by atoms with Gasteiger partial charge in [0.2, 0.25) is 0 Å². The topological polar surface area (TPSA) is 66.6 Å². The summed E-state index contributed by atoms with van der Waals surface area (Å²) in [6, 6.07) is 5.27. The maximum atomic E-state index is 12.1. The number of nitrogen functional groups attached to an aromatic ring is 1. The largest absolute Gasteiger partial charge is 0.399 e. The second-order valence-electron chi connectivity index (χ2n) is 4.81. The SMILES string of the molecule is CCC1(O)CN(C(=O)c2ccc(N)cc2C)C1. The minimum absolute atomic E-state index is 0.0272. The molecule has 0 aromatic heterocycles. The highest BCUT2D eigenvalue weighted by Gasteiger charge is 2.42. The van der Waals surface area contributed by atoms with Gasteiger partial charge in [-0.1, -0.05) is 6.92 Å². The molecule has 3 N–H and O–H groups in total. The smallest absolute Gasteiger partial charge is 0.254 e. The summed E-state index contributed by atoms with van der Waals surface area (Å²) in [5.74, 6) is -0.0272. The zero-order valence-electron chi connectivity index (χ0n) is 10.2. The van der Waals surface area contributed by atoms with Crippen LogP contribution in [0.5, 0.6) is 0 Å². The van der Waals surface area contributed by atoms with E-state index in [0.29, 0.717) is 30.8 Å². The van der Waals surface area contributed by atoms with Crippen molar-refractivity contribution in [2.24, 2.45) is 0 Å². The lowest BCUT2D eigenvalue weighted by Crippen LogP contribution is -2.63. The van der Waals surface area contributed by atoms with E-state index in [-0.39, 0.29) is 5.91 Å². The number of anilines is 1. The highest BCUT2D eigenvalue weighted by molar-refractivity contribution is 5.96. The van der Waals surface area contributed by atoms with Gasteiger partial charge in [-0.15, -0.1) is 0 Å². The van der Waals surface area contributed by atoms with Crippen LogP contribution in [0.4, 0.5) is 5.69 Å². The van der Waals surface area contributed by atoms with Gasteiger partial charge in [-0.3, -0.25) is 4.79 Å². The molecule has 0 atom stereocenters. The predicted octanol–water partition coefficient (Wildman–Crippen LogP) is 1.17. The Labute approximate surface area is 101 Å². The van der Waals surface area contributed by atoms with E-state index < -0.39 is 5.60 Å². The third kappa shape index (κ3) is 2.13. The van der Waals surface area contributed by atoms with E-state index in [0.717, 1.165) is 5.56 Å². The fraction of sp³-hybridized carbons (Fsp3) is 0.462. The second-order valence-corrected chi connectivity index (χ2v) is 4.81. The fourth-order valence-electron chi connectivity index (χ4n) is 2.13. The number of benzene rings is 1. The average Bonchev–Trinajstić information content (AvgIpc) is 2.24. The molecule has 0 radical (unpaired) electrons. The van der Waals surface area contributed by atoms with E-state index in [1.807, 2.05) is 13.8 Å². The van der Waals surface area contributed by atoms with Gasteiger partial charge in [0, 0.05) is 11.3 Å². The molecule has 0 saturated carbocycles. The Morgan fingerprint density at radius 2 is 2.18 bits per heavy atom. The van der Waals surface area contributed by atoms with Crippen LogP contribution in [0.15, 0.2) is 18.2 Å². The molecular formula is C13H18N2O2. The Morgan fingerprint density at radius 1 is 1.53 bits per heavy atom. The lowest BCUT2D eigenvalue weighted by Gasteiger charge is -2.46. The Hall–Kier alpha value is -1.55. The second kappa shape index (κ2) is 4.04. The molecule has 92 valence electrons. The number of nitrogens with two attached hydrogens (primary N) is 1. The molecule has 4 nitrogen and oxygen atoms in total. The third-order valence-electron chi connectivity index (χ3n) is 3.40. The zero-order valence-corrected chi connectivity index (χ0v) is 10.2. The van der Waals surface area contributed by atoms with Crippen molar-refractivity contribution in [3.63, 3.8) is 0 Å². The van der Waals surface area contributed by atoms with E-state index in [2.05, 4.69) is 0 Å². The lowest BCUT2D eigenvalue weighted by molar-refractivity contribution is -0.0826. The van der Waals surface area contributed by atoms with Crippen LogP contribution in [0.3, 0.4) is 0 Å². The fourth-order valence-corrected chi connectivity index (χ4v) is 2.13. The van der Waals surface area contributed by atoms with Gasteiger partial charge in [-0.05, 0) is 37.1 Å². The van der Waals surface area contributed by atoms with Crippen LogP contribution in [-0.2, 0) is 0 Å². The van der Waals surface area contributed by atoms with Crippen molar-refractivity contribution in [2.45, 2.75) is 25.9 Å². The molecule has 1 aliphatic heterocycles. The van der Waals surface area contributed by atoms with E-state index in [9.17, 15) is 9.90 Å². The van der Waals surface area contributed by atoms with Gasteiger partial charge in [0.05, 0.1) is 18.7 Å². The molecule has 1 aromatic carbocycles. The molecule has 0 aliphatic carbocycles. The summed E-state index contributed by atoms with van der Waals surface area (Å²) in [4.78, 5) is 13.8. The standard InChI is InChI=1S/C13H18N2O2/c1-3-13(17)7-15(8-13)12(16)11-5-4-10(14)6-9(11)2/h4-6,17H,3,7-8,14H2,1-2H3. The number of hydrogen-bond acceptors (Lipinski definition) is 3. The minimum atomic E-state index is -0.683. The molecule has 4 heteroatoms. The van der Waals surface area contributed by atoms with Crippen molar-refractivity contribution in [2.75, 3.05) is 18.8 Å². The number of carbonyl (C=O) groups excluding carboxylic acids is 1. The van der Waals surface area contributed by atoms with Crippen molar-refractivity contribution in [3.05, 3.63) is 29.3 Å². The van der Waals surface area contributed by atoms with Crippen LogP contribution in [0.2, 0.25) is 0 Å². The summed E-state index contributed by atoms with van der Waals surface area (Å²) < 4.78 is 0. The van der Waals surface area contributed by atoms with Crippen LogP contribution in [-0.4, -0.2) is 34.6 Å². The number of carbonyl (C=O) groups is 1. The molecular weight excluding hydrogens is 216 g/mol. The first-order valence-corrected chi connectivity index (χ1v) is 5.83. The van der Waals surface area contributed by atoms with E-state index in [1.54, 1.807) is 23.1 Å². The summed E-state index contributed by atoms with van der Waals surface area (Å²) in [5, 5.41) is 9.88. The summed E-state index contributed by atoms with van der Waals surface area (Å²) in [5.41, 5.74) is 7.17. The average molecular weight is 234 g/mol. The number of aryl methyl sites for hydroxylation is 1.